The van der Waals surface area contributed by atoms with Crippen LogP contribution in [-0.4, -0.2) is 35.8 Å². The zero-order valence-corrected chi connectivity index (χ0v) is 21.1. The molecule has 38 heavy (non-hydrogen) atoms. The highest BCUT2D eigenvalue weighted by atomic mass is 19.4. The lowest BCUT2D eigenvalue weighted by Gasteiger charge is -2.44. The van der Waals surface area contributed by atoms with Crippen molar-refractivity contribution in [3.8, 4) is 0 Å². The maximum absolute atomic E-state index is 14.5. The fraction of sp³-hybridized carbons (Fsp3) is 1.00. The average molecular weight is 583 g/mol. The maximum Gasteiger partial charge on any atom is 0.460 e. The van der Waals surface area contributed by atoms with E-state index < -0.39 is 54.5 Å². The molecule has 0 radical (unpaired) electrons. The second-order valence-corrected chi connectivity index (χ2v) is 11.0. The van der Waals surface area contributed by atoms with Gasteiger partial charge in [0.2, 0.25) is 0 Å². The molecule has 0 aliphatic heterocycles. The molecule has 13 heteroatoms. The van der Waals surface area contributed by atoms with Crippen LogP contribution in [-0.2, 0) is 0 Å². The van der Waals surface area contributed by atoms with E-state index in [1.54, 1.807) is 0 Å². The van der Waals surface area contributed by atoms with Gasteiger partial charge in [-0.15, -0.1) is 0 Å². The summed E-state index contributed by atoms with van der Waals surface area (Å²) in [7, 11) is 0. The van der Waals surface area contributed by atoms with Crippen LogP contribution in [0.25, 0.3) is 0 Å². The Kier molecular flexibility index (Phi) is 10.4. The van der Waals surface area contributed by atoms with Crippen molar-refractivity contribution in [1.82, 2.24) is 0 Å². The molecule has 0 heterocycles. The van der Waals surface area contributed by atoms with Gasteiger partial charge in [0.05, 0.1) is 0 Å². The minimum atomic E-state index is -7.82. The highest BCUT2D eigenvalue weighted by Crippen LogP contribution is 2.62. The molecule has 0 N–H and O–H groups in total. The van der Waals surface area contributed by atoms with Gasteiger partial charge in [-0.05, 0) is 56.3 Å². The second kappa shape index (κ2) is 11.9. The molecule has 2 rings (SSSR count). The van der Waals surface area contributed by atoms with Crippen LogP contribution >= 0.6 is 0 Å². The van der Waals surface area contributed by atoms with Gasteiger partial charge in [-0.2, -0.15) is 57.1 Å². The first-order chi connectivity index (χ1) is 17.3. The number of hydrogen-bond donors (Lipinski definition) is 0. The minimum absolute atomic E-state index is 0.0800. The van der Waals surface area contributed by atoms with Gasteiger partial charge in [-0.1, -0.05) is 58.3 Å². The van der Waals surface area contributed by atoms with Crippen molar-refractivity contribution in [2.75, 3.05) is 0 Å². The summed E-state index contributed by atoms with van der Waals surface area (Å²) in [4.78, 5) is 0. The smallest absolute Gasteiger partial charge is 0.199 e. The number of unbranched alkanes of at least 4 members (excludes halogenated alkanes) is 4. The second-order valence-electron chi connectivity index (χ2n) is 11.0. The summed E-state index contributed by atoms with van der Waals surface area (Å²) in [5, 5.41) is 0. The Hall–Kier alpha value is -0.910. The molecule has 0 bridgehead atoms. The fourth-order valence-electron chi connectivity index (χ4n) is 5.98. The Bertz CT molecular complexity index is 728. The van der Waals surface area contributed by atoms with Gasteiger partial charge in [0.15, 0.2) is 0 Å². The number of rotatable bonds is 12. The number of halogens is 13. The van der Waals surface area contributed by atoms with E-state index in [-0.39, 0.29) is 24.7 Å². The Morgan fingerprint density at radius 2 is 0.895 bits per heavy atom. The van der Waals surface area contributed by atoms with E-state index in [9.17, 15) is 57.1 Å². The van der Waals surface area contributed by atoms with Crippen molar-refractivity contribution in [3.63, 3.8) is 0 Å². The van der Waals surface area contributed by atoms with Crippen LogP contribution in [0.2, 0.25) is 0 Å². The first kappa shape index (κ1) is 33.3. The predicted octanol–water partition coefficient (Wildman–Crippen LogP) is 10.7. The molecule has 2 fully saturated rings. The van der Waals surface area contributed by atoms with E-state index in [1.165, 1.54) is 12.8 Å². The first-order valence-corrected chi connectivity index (χ1v) is 13.2. The normalized spacial score (nSPS) is 27.0. The molecule has 0 aromatic rings. The molecule has 0 aromatic carbocycles. The van der Waals surface area contributed by atoms with Crippen molar-refractivity contribution in [2.45, 2.75) is 133 Å². The zero-order valence-electron chi connectivity index (χ0n) is 21.1. The van der Waals surface area contributed by atoms with Gasteiger partial charge >= 0.3 is 35.8 Å². The molecule has 226 valence electrons. The molecule has 2 aliphatic rings. The highest BCUT2D eigenvalue weighted by Gasteiger charge is 2.91. The molecule has 0 amide bonds. The van der Waals surface area contributed by atoms with Crippen LogP contribution in [0.15, 0.2) is 0 Å². The summed E-state index contributed by atoms with van der Waals surface area (Å²) in [6, 6.07) is 0. The number of alkyl halides is 13. The molecule has 0 nitrogen and oxygen atoms in total. The van der Waals surface area contributed by atoms with Gasteiger partial charge < -0.3 is 0 Å². The summed E-state index contributed by atoms with van der Waals surface area (Å²) in [6.07, 6.45) is 1.19. The summed E-state index contributed by atoms with van der Waals surface area (Å²) in [5.74, 6) is -38.4. The molecule has 0 spiro atoms. The van der Waals surface area contributed by atoms with E-state index in [4.69, 9.17) is 0 Å². The lowest BCUT2D eigenvalue weighted by molar-refractivity contribution is -0.443. The van der Waals surface area contributed by atoms with Crippen LogP contribution < -0.4 is 0 Å². The third kappa shape index (κ3) is 6.20. The van der Waals surface area contributed by atoms with Crippen molar-refractivity contribution >= 4 is 0 Å². The fourth-order valence-corrected chi connectivity index (χ4v) is 5.98. The molecular weight excluding hydrogens is 547 g/mol. The van der Waals surface area contributed by atoms with Crippen molar-refractivity contribution in [1.29, 1.82) is 0 Å². The SMILES string of the molecule is CCCCCCCC1CCC(C2CCC(C(F)(F)C(F)(F)C(F)(F)C(F)(F)C(F)(F)C(F)(F)F)CC2)CC1. The van der Waals surface area contributed by atoms with Crippen molar-refractivity contribution in [2.24, 2.45) is 23.7 Å². The van der Waals surface area contributed by atoms with Gasteiger partial charge in [0, 0.05) is 5.92 Å². The third-order valence-electron chi connectivity index (χ3n) is 8.52. The van der Waals surface area contributed by atoms with Gasteiger partial charge in [0.1, 0.15) is 0 Å². The summed E-state index contributed by atoms with van der Waals surface area (Å²) >= 11 is 0. The molecule has 0 unspecified atom stereocenters. The van der Waals surface area contributed by atoms with Crippen LogP contribution in [0.5, 0.6) is 0 Å². The molecule has 2 saturated carbocycles. The number of hydrogen-bond acceptors (Lipinski definition) is 0. The standard InChI is InChI=1S/C25H35F13/c1-2-3-4-5-6-7-16-8-10-17(11-9-16)18-12-14-19(15-13-18)20(26,27)21(28,29)22(30,31)23(32,33)24(34,35)25(36,37)38/h16-19H,2-15H2,1H3. The highest BCUT2D eigenvalue weighted by molar-refractivity contribution is 5.11. The Morgan fingerprint density at radius 1 is 0.474 bits per heavy atom. The topological polar surface area (TPSA) is 0 Å². The largest absolute Gasteiger partial charge is 0.460 e. The quantitative estimate of drug-likeness (QED) is 0.159. The first-order valence-electron chi connectivity index (χ1n) is 13.2. The molecular formula is C25H35F13. The van der Waals surface area contributed by atoms with Crippen LogP contribution in [0.4, 0.5) is 57.1 Å². The Morgan fingerprint density at radius 3 is 1.34 bits per heavy atom. The lowest BCUT2D eigenvalue weighted by atomic mass is 9.67. The predicted molar refractivity (Wildman–Crippen MR) is 115 cm³/mol. The monoisotopic (exact) mass is 582 g/mol. The van der Waals surface area contributed by atoms with Crippen LogP contribution in [0.1, 0.15) is 96.8 Å². The van der Waals surface area contributed by atoms with E-state index in [1.807, 2.05) is 0 Å². The van der Waals surface area contributed by atoms with Crippen molar-refractivity contribution in [3.05, 3.63) is 0 Å². The molecule has 0 atom stereocenters. The average Bonchev–Trinajstić information content (AvgIpc) is 2.83. The van der Waals surface area contributed by atoms with E-state index in [2.05, 4.69) is 6.92 Å². The summed E-state index contributed by atoms with van der Waals surface area (Å²) in [5.41, 5.74) is 0. The van der Waals surface area contributed by atoms with Crippen molar-refractivity contribution < 1.29 is 57.1 Å². The van der Waals surface area contributed by atoms with E-state index in [0.717, 1.165) is 51.4 Å². The Labute approximate surface area is 214 Å². The lowest BCUT2D eigenvalue weighted by Crippen LogP contribution is -2.71. The summed E-state index contributed by atoms with van der Waals surface area (Å²) in [6.45, 7) is 2.12. The zero-order chi connectivity index (χ0) is 29.2. The van der Waals surface area contributed by atoms with Crippen LogP contribution in [0.3, 0.4) is 0 Å². The van der Waals surface area contributed by atoms with E-state index >= 15 is 0 Å². The Balaban J connectivity index is 1.99. The van der Waals surface area contributed by atoms with Crippen LogP contribution in [0, 0.1) is 23.7 Å². The third-order valence-corrected chi connectivity index (χ3v) is 8.52. The minimum Gasteiger partial charge on any atom is -0.199 e. The maximum atomic E-state index is 14.5. The molecule has 2 aliphatic carbocycles. The van der Waals surface area contributed by atoms with Gasteiger partial charge in [-0.3, -0.25) is 0 Å². The van der Waals surface area contributed by atoms with Gasteiger partial charge in [0.25, 0.3) is 0 Å². The molecule has 0 saturated heterocycles. The molecule has 0 aromatic heterocycles. The van der Waals surface area contributed by atoms with E-state index in [0.29, 0.717) is 5.92 Å². The summed E-state index contributed by atoms with van der Waals surface area (Å²) < 4.78 is 175. The van der Waals surface area contributed by atoms with Gasteiger partial charge in [-0.25, -0.2) is 0 Å².